The SMILES string of the molecule is Cc1nc(C(=O)Nc2ccc(C(N)=O)cc2)nn1-c1ccccc1C(C)C. The van der Waals surface area contributed by atoms with Crippen molar-refractivity contribution in [3.05, 3.63) is 71.3 Å². The normalized spacial score (nSPS) is 10.8. The predicted molar refractivity (Wildman–Crippen MR) is 103 cm³/mol. The van der Waals surface area contributed by atoms with Crippen molar-refractivity contribution < 1.29 is 9.59 Å². The maximum Gasteiger partial charge on any atom is 0.295 e. The summed E-state index contributed by atoms with van der Waals surface area (Å²) in [6, 6.07) is 14.2. The molecule has 2 aromatic carbocycles. The van der Waals surface area contributed by atoms with Crippen LogP contribution in [0.1, 0.15) is 52.1 Å². The number of benzene rings is 2. The van der Waals surface area contributed by atoms with Gasteiger partial charge in [0, 0.05) is 11.3 Å². The zero-order valence-electron chi connectivity index (χ0n) is 15.4. The lowest BCUT2D eigenvalue weighted by atomic mass is 10.0. The highest BCUT2D eigenvalue weighted by Crippen LogP contribution is 2.23. The summed E-state index contributed by atoms with van der Waals surface area (Å²) in [4.78, 5) is 27.9. The van der Waals surface area contributed by atoms with Gasteiger partial charge in [0.25, 0.3) is 5.91 Å². The Morgan fingerprint density at radius 3 is 2.37 bits per heavy atom. The van der Waals surface area contributed by atoms with Gasteiger partial charge in [0.15, 0.2) is 0 Å². The van der Waals surface area contributed by atoms with Gasteiger partial charge in [0.1, 0.15) is 5.82 Å². The number of carbonyl (C=O) groups is 2. The number of nitrogens with zero attached hydrogens (tertiary/aromatic N) is 3. The number of anilines is 1. The number of aryl methyl sites for hydroxylation is 1. The average molecular weight is 363 g/mol. The monoisotopic (exact) mass is 363 g/mol. The van der Waals surface area contributed by atoms with Crippen molar-refractivity contribution in [3.8, 4) is 5.69 Å². The summed E-state index contributed by atoms with van der Waals surface area (Å²) >= 11 is 0. The second-order valence-electron chi connectivity index (χ2n) is 6.50. The van der Waals surface area contributed by atoms with E-state index in [1.807, 2.05) is 31.2 Å². The lowest BCUT2D eigenvalue weighted by molar-refractivity contribution is 0.0997. The number of nitrogens with two attached hydrogens (primary N) is 1. The highest BCUT2D eigenvalue weighted by Gasteiger charge is 2.18. The van der Waals surface area contributed by atoms with E-state index in [0.29, 0.717) is 23.0 Å². The Bertz CT molecular complexity index is 990. The molecule has 1 heterocycles. The largest absolute Gasteiger partial charge is 0.366 e. The Balaban J connectivity index is 1.86. The third-order valence-corrected chi connectivity index (χ3v) is 4.19. The Morgan fingerprint density at radius 1 is 1.07 bits per heavy atom. The third kappa shape index (κ3) is 3.87. The standard InChI is InChI=1S/C20H21N5O2/c1-12(2)16-6-4-5-7-17(16)25-13(3)22-19(24-25)20(27)23-15-10-8-14(9-11-15)18(21)26/h4-12H,1-3H3,(H2,21,26)(H,23,27). The number of carbonyl (C=O) groups excluding carboxylic acids is 2. The summed E-state index contributed by atoms with van der Waals surface area (Å²) in [5, 5.41) is 7.11. The quantitative estimate of drug-likeness (QED) is 0.727. The molecule has 3 N–H and O–H groups in total. The molecule has 0 aliphatic heterocycles. The predicted octanol–water partition coefficient (Wildman–Crippen LogP) is 3.05. The van der Waals surface area contributed by atoms with Crippen molar-refractivity contribution in [2.75, 3.05) is 5.32 Å². The zero-order valence-corrected chi connectivity index (χ0v) is 15.4. The second kappa shape index (κ2) is 7.41. The Labute approximate surface area is 157 Å². The lowest BCUT2D eigenvalue weighted by Gasteiger charge is -2.12. The molecule has 0 radical (unpaired) electrons. The van der Waals surface area contributed by atoms with Crippen molar-refractivity contribution in [3.63, 3.8) is 0 Å². The van der Waals surface area contributed by atoms with Crippen molar-refractivity contribution in [1.82, 2.24) is 14.8 Å². The summed E-state index contributed by atoms with van der Waals surface area (Å²) in [5.74, 6) is 0.0617. The van der Waals surface area contributed by atoms with Crippen LogP contribution >= 0.6 is 0 Å². The van der Waals surface area contributed by atoms with Crippen LogP contribution < -0.4 is 11.1 Å². The smallest absolute Gasteiger partial charge is 0.295 e. The van der Waals surface area contributed by atoms with Crippen LogP contribution in [0.5, 0.6) is 0 Å². The van der Waals surface area contributed by atoms with E-state index in [1.165, 1.54) is 0 Å². The number of para-hydroxylation sites is 1. The first kappa shape index (κ1) is 18.3. The molecule has 3 rings (SSSR count). The van der Waals surface area contributed by atoms with Gasteiger partial charge in [0.2, 0.25) is 11.7 Å². The van der Waals surface area contributed by atoms with E-state index >= 15 is 0 Å². The van der Waals surface area contributed by atoms with Gasteiger partial charge in [-0.15, -0.1) is 5.10 Å². The van der Waals surface area contributed by atoms with Gasteiger partial charge in [0.05, 0.1) is 5.69 Å². The Hall–Kier alpha value is -3.48. The number of hydrogen-bond acceptors (Lipinski definition) is 4. The second-order valence-corrected chi connectivity index (χ2v) is 6.50. The lowest BCUT2D eigenvalue weighted by Crippen LogP contribution is -2.15. The molecule has 7 nitrogen and oxygen atoms in total. The molecule has 0 saturated heterocycles. The number of primary amides is 1. The van der Waals surface area contributed by atoms with Crippen LogP contribution in [-0.2, 0) is 0 Å². The molecule has 3 aromatic rings. The van der Waals surface area contributed by atoms with Crippen LogP contribution in [-0.4, -0.2) is 26.6 Å². The number of rotatable bonds is 5. The van der Waals surface area contributed by atoms with Crippen LogP contribution in [0, 0.1) is 6.92 Å². The summed E-state index contributed by atoms with van der Waals surface area (Å²) in [6.07, 6.45) is 0. The van der Waals surface area contributed by atoms with E-state index in [4.69, 9.17) is 5.73 Å². The fourth-order valence-corrected chi connectivity index (χ4v) is 2.79. The molecular formula is C20H21N5O2. The number of hydrogen-bond donors (Lipinski definition) is 2. The molecule has 0 bridgehead atoms. The zero-order chi connectivity index (χ0) is 19.6. The van der Waals surface area contributed by atoms with Gasteiger partial charge in [-0.2, -0.15) is 0 Å². The van der Waals surface area contributed by atoms with E-state index in [-0.39, 0.29) is 5.82 Å². The van der Waals surface area contributed by atoms with Crippen molar-refractivity contribution in [2.24, 2.45) is 5.73 Å². The number of aromatic nitrogens is 3. The molecule has 0 fully saturated rings. The summed E-state index contributed by atoms with van der Waals surface area (Å²) in [6.45, 7) is 6.02. The summed E-state index contributed by atoms with van der Waals surface area (Å²) in [7, 11) is 0. The molecule has 0 saturated carbocycles. The average Bonchev–Trinajstić information content (AvgIpc) is 3.04. The van der Waals surface area contributed by atoms with Crippen LogP contribution in [0.2, 0.25) is 0 Å². The Morgan fingerprint density at radius 2 is 1.74 bits per heavy atom. The van der Waals surface area contributed by atoms with Crippen molar-refractivity contribution in [1.29, 1.82) is 0 Å². The highest BCUT2D eigenvalue weighted by molar-refractivity contribution is 6.02. The van der Waals surface area contributed by atoms with Crippen molar-refractivity contribution >= 4 is 17.5 Å². The van der Waals surface area contributed by atoms with Crippen LogP contribution in [0.3, 0.4) is 0 Å². The van der Waals surface area contributed by atoms with E-state index in [9.17, 15) is 9.59 Å². The van der Waals surface area contributed by atoms with Crippen molar-refractivity contribution in [2.45, 2.75) is 26.7 Å². The van der Waals surface area contributed by atoms with Gasteiger partial charge in [-0.05, 0) is 48.7 Å². The molecule has 0 aliphatic rings. The number of nitrogens with one attached hydrogen (secondary N) is 1. The third-order valence-electron chi connectivity index (χ3n) is 4.19. The van der Waals surface area contributed by atoms with E-state index in [1.54, 1.807) is 28.9 Å². The summed E-state index contributed by atoms with van der Waals surface area (Å²) in [5.41, 5.74) is 8.15. The van der Waals surface area contributed by atoms with E-state index in [0.717, 1.165) is 11.3 Å². The van der Waals surface area contributed by atoms with Gasteiger partial charge in [-0.3, -0.25) is 9.59 Å². The minimum Gasteiger partial charge on any atom is -0.366 e. The van der Waals surface area contributed by atoms with Crippen LogP contribution in [0.25, 0.3) is 5.69 Å². The molecule has 0 aliphatic carbocycles. The molecule has 1 aromatic heterocycles. The van der Waals surface area contributed by atoms with E-state index < -0.39 is 11.8 Å². The molecule has 0 spiro atoms. The topological polar surface area (TPSA) is 103 Å². The molecule has 27 heavy (non-hydrogen) atoms. The molecular weight excluding hydrogens is 342 g/mol. The summed E-state index contributed by atoms with van der Waals surface area (Å²) < 4.78 is 1.68. The molecule has 138 valence electrons. The maximum absolute atomic E-state index is 12.5. The van der Waals surface area contributed by atoms with Gasteiger partial charge >= 0.3 is 0 Å². The fourth-order valence-electron chi connectivity index (χ4n) is 2.79. The maximum atomic E-state index is 12.5. The van der Waals surface area contributed by atoms with Crippen LogP contribution in [0.15, 0.2) is 48.5 Å². The minimum atomic E-state index is -0.521. The van der Waals surface area contributed by atoms with E-state index in [2.05, 4.69) is 29.2 Å². The molecule has 2 amide bonds. The Kier molecular flexibility index (Phi) is 5.03. The molecule has 7 heteroatoms. The fraction of sp³-hybridized carbons (Fsp3) is 0.200. The molecule has 0 atom stereocenters. The first-order valence-electron chi connectivity index (χ1n) is 8.61. The van der Waals surface area contributed by atoms with Gasteiger partial charge < -0.3 is 11.1 Å². The van der Waals surface area contributed by atoms with Gasteiger partial charge in [-0.1, -0.05) is 32.0 Å². The number of amides is 2. The molecule has 0 unspecified atom stereocenters. The van der Waals surface area contributed by atoms with Crippen LogP contribution in [0.4, 0.5) is 5.69 Å². The first-order valence-corrected chi connectivity index (χ1v) is 8.61. The first-order chi connectivity index (χ1) is 12.9. The minimum absolute atomic E-state index is 0.0741. The highest BCUT2D eigenvalue weighted by atomic mass is 16.2. The van der Waals surface area contributed by atoms with Gasteiger partial charge in [-0.25, -0.2) is 9.67 Å².